The molecule has 2 fully saturated rings. The summed E-state index contributed by atoms with van der Waals surface area (Å²) in [5, 5.41) is 30.2. The molecule has 2 rings (SSSR count). The fourth-order valence-corrected chi connectivity index (χ4v) is 3.49. The van der Waals surface area contributed by atoms with Gasteiger partial charge in [0.2, 0.25) is 11.8 Å². The van der Waals surface area contributed by atoms with E-state index in [-0.39, 0.29) is 37.2 Å². The molecule has 0 radical (unpaired) electrons. The van der Waals surface area contributed by atoms with E-state index in [1.54, 1.807) is 0 Å². The number of rotatable bonds is 21. The average molecular weight is 708 g/mol. The number of carbonyl (C=O) groups excluding carboxylic acids is 2. The summed E-state index contributed by atoms with van der Waals surface area (Å²) >= 11 is 0. The van der Waals surface area contributed by atoms with Gasteiger partial charge in [0, 0.05) is 39.0 Å². The lowest BCUT2D eigenvalue weighted by Gasteiger charge is -2.17. The molecule has 3 atom stereocenters. The van der Waals surface area contributed by atoms with Gasteiger partial charge in [-0.05, 0) is 65.7 Å². The lowest BCUT2D eigenvalue weighted by atomic mass is 10.4. The minimum absolute atomic E-state index is 0.00719. The third-order valence-corrected chi connectivity index (χ3v) is 5.83. The molecule has 0 aliphatic carbocycles. The number of carbonyl (C=O) groups is 3. The Kier molecular flexibility index (Phi) is 29.7. The maximum Gasteiger partial charge on any atom is 0.327 e. The van der Waals surface area contributed by atoms with Crippen LogP contribution in [0.5, 0.6) is 0 Å². The molecule has 0 bridgehead atoms. The quantitative estimate of drug-likeness (QED) is 0.0712. The number of aliphatic hydroxyl groups is 2. The average Bonchev–Trinajstić information content (AvgIpc) is 3.61. The van der Waals surface area contributed by atoms with E-state index in [2.05, 4.69) is 30.4 Å². The number of aliphatic carboxylic acids is 1. The minimum atomic E-state index is -0.981. The minimum Gasteiger partial charge on any atom is -0.478 e. The Hall–Kier alpha value is -2.77. The van der Waals surface area contributed by atoms with Gasteiger partial charge >= 0.3 is 5.97 Å². The van der Waals surface area contributed by atoms with Crippen molar-refractivity contribution in [2.45, 2.75) is 76.8 Å². The Bertz CT molecular complexity index is 918. The van der Waals surface area contributed by atoms with Crippen molar-refractivity contribution in [1.82, 2.24) is 10.6 Å². The van der Waals surface area contributed by atoms with Gasteiger partial charge in [-0.25, -0.2) is 4.79 Å². The lowest BCUT2D eigenvalue weighted by Crippen LogP contribution is -2.25. The van der Waals surface area contributed by atoms with Crippen molar-refractivity contribution in [2.75, 3.05) is 79.1 Å². The number of nitrogens with one attached hydrogen (secondary N) is 2. The van der Waals surface area contributed by atoms with E-state index < -0.39 is 23.6 Å². The second kappa shape index (κ2) is 30.1. The van der Waals surface area contributed by atoms with Crippen LogP contribution in [0.4, 0.5) is 0 Å². The first-order valence-electron chi connectivity index (χ1n) is 16.2. The topological polar surface area (TPSA) is 227 Å². The Balaban J connectivity index is 0. The summed E-state index contributed by atoms with van der Waals surface area (Å²) in [5.41, 5.74) is 5.33. The number of ether oxygens (including phenoxy) is 7. The molecule has 7 N–H and O–H groups in total. The van der Waals surface area contributed by atoms with Gasteiger partial charge in [-0.2, -0.15) is 0 Å². The third-order valence-electron chi connectivity index (χ3n) is 5.83. The summed E-state index contributed by atoms with van der Waals surface area (Å²) in [4.78, 5) is 30.7. The SMILES string of the molecule is C=CC(=O)NCCCOCC(O)CO.C=CC(=O)NCCCOCC1COC(C)(C)O1.C=CC(=O)O.CC1(C)OCC(COCCCN)O1. The number of hydrogen-bond donors (Lipinski definition) is 6. The third kappa shape index (κ3) is 32.2. The highest BCUT2D eigenvalue weighted by molar-refractivity contribution is 5.87. The van der Waals surface area contributed by atoms with Crippen LogP contribution in [0, 0.1) is 0 Å². The standard InChI is InChI=1S/C12H21NO4.C9H17NO4.C9H19NO3.C3H4O2/c1-4-11(14)13-6-5-7-15-8-10-9-16-12(2,3)17-10;1-2-9(13)10-4-3-5-14-7-8(12)6-11;1-9(2)12-7-8(13-9)6-11-5-3-4-10;1-2-3(4)5/h4,10H,1,5-9H2,2-3H3,(H,13,14);2,8,11-12H,1,3-7H2,(H,10,13);8H,3-7,10H2,1-2H3;2H,1H2,(H,4,5). The van der Waals surface area contributed by atoms with Crippen LogP contribution in [-0.2, 0) is 47.5 Å². The van der Waals surface area contributed by atoms with E-state index in [1.807, 2.05) is 27.7 Å². The van der Waals surface area contributed by atoms with E-state index >= 15 is 0 Å². The Labute approximate surface area is 290 Å². The van der Waals surface area contributed by atoms with Crippen molar-refractivity contribution in [2.24, 2.45) is 5.73 Å². The van der Waals surface area contributed by atoms with E-state index in [0.29, 0.717) is 72.3 Å². The normalized spacial score (nSPS) is 18.9. The number of nitrogens with two attached hydrogens (primary N) is 1. The molecule has 49 heavy (non-hydrogen) atoms. The predicted octanol–water partition coefficient (Wildman–Crippen LogP) is 0.656. The molecule has 0 aromatic carbocycles. The molecule has 2 amide bonds. The maximum absolute atomic E-state index is 10.8. The van der Waals surface area contributed by atoms with Crippen molar-refractivity contribution in [3.05, 3.63) is 38.0 Å². The molecule has 0 aromatic rings. The molecule has 0 spiro atoms. The fourth-order valence-electron chi connectivity index (χ4n) is 3.49. The van der Waals surface area contributed by atoms with E-state index in [1.165, 1.54) is 12.2 Å². The Morgan fingerprint density at radius 2 is 1.22 bits per heavy atom. The first-order chi connectivity index (χ1) is 23.1. The second-order valence-corrected chi connectivity index (χ2v) is 11.3. The summed E-state index contributed by atoms with van der Waals surface area (Å²) in [7, 11) is 0. The first kappa shape index (κ1) is 48.3. The van der Waals surface area contributed by atoms with Crippen LogP contribution in [0.25, 0.3) is 0 Å². The van der Waals surface area contributed by atoms with Crippen LogP contribution >= 0.6 is 0 Å². The summed E-state index contributed by atoms with van der Waals surface area (Å²) in [6, 6.07) is 0. The van der Waals surface area contributed by atoms with Crippen molar-refractivity contribution in [1.29, 1.82) is 0 Å². The van der Waals surface area contributed by atoms with Gasteiger partial charge in [-0.15, -0.1) is 0 Å². The van der Waals surface area contributed by atoms with Gasteiger partial charge in [0.05, 0.1) is 39.6 Å². The molecule has 16 nitrogen and oxygen atoms in total. The molecule has 0 saturated carbocycles. The van der Waals surface area contributed by atoms with E-state index in [4.69, 9.17) is 54.2 Å². The van der Waals surface area contributed by atoms with E-state index in [9.17, 15) is 14.4 Å². The molecule has 2 heterocycles. The summed E-state index contributed by atoms with van der Waals surface area (Å²) in [6.07, 6.45) is 4.90. The number of carboxylic acid groups (broad SMARTS) is 1. The van der Waals surface area contributed by atoms with Gasteiger partial charge < -0.3 is 64.8 Å². The van der Waals surface area contributed by atoms with Gasteiger partial charge in [0.25, 0.3) is 0 Å². The molecular weight excluding hydrogens is 646 g/mol. The number of amides is 2. The number of hydrogen-bond acceptors (Lipinski definition) is 13. The highest BCUT2D eigenvalue weighted by Gasteiger charge is 2.33. The summed E-state index contributed by atoms with van der Waals surface area (Å²) < 4.78 is 37.7. The van der Waals surface area contributed by atoms with Crippen LogP contribution in [0.3, 0.4) is 0 Å². The summed E-state index contributed by atoms with van der Waals surface area (Å²) in [6.45, 7) is 22.9. The molecule has 2 aliphatic heterocycles. The number of aliphatic hydroxyl groups excluding tert-OH is 2. The second-order valence-electron chi connectivity index (χ2n) is 11.3. The van der Waals surface area contributed by atoms with Crippen molar-refractivity contribution in [3.8, 4) is 0 Å². The first-order valence-corrected chi connectivity index (χ1v) is 16.2. The summed E-state index contributed by atoms with van der Waals surface area (Å²) in [5.74, 6) is -2.28. The van der Waals surface area contributed by atoms with Crippen molar-refractivity contribution in [3.63, 3.8) is 0 Å². The van der Waals surface area contributed by atoms with E-state index in [0.717, 1.165) is 18.9 Å². The van der Waals surface area contributed by atoms with Crippen LogP contribution in [-0.4, -0.2) is 142 Å². The highest BCUT2D eigenvalue weighted by atomic mass is 16.8. The fraction of sp³-hybridized carbons (Fsp3) is 0.727. The Morgan fingerprint density at radius 1 is 0.816 bits per heavy atom. The molecule has 286 valence electrons. The van der Waals surface area contributed by atoms with Gasteiger partial charge in [0.15, 0.2) is 11.6 Å². The zero-order valence-electron chi connectivity index (χ0n) is 29.7. The van der Waals surface area contributed by atoms with Crippen LogP contribution < -0.4 is 16.4 Å². The highest BCUT2D eigenvalue weighted by Crippen LogP contribution is 2.23. The zero-order chi connectivity index (χ0) is 37.6. The maximum atomic E-state index is 10.8. The molecule has 0 aromatic heterocycles. The predicted molar refractivity (Wildman–Crippen MR) is 183 cm³/mol. The molecule has 3 unspecified atom stereocenters. The molecule has 16 heteroatoms. The number of carboxylic acids is 1. The van der Waals surface area contributed by atoms with Gasteiger partial charge in [-0.3, -0.25) is 9.59 Å². The molecule has 2 saturated heterocycles. The van der Waals surface area contributed by atoms with Crippen LogP contribution in [0.15, 0.2) is 38.0 Å². The molecular formula is C33H61N3O13. The van der Waals surface area contributed by atoms with Crippen molar-refractivity contribution >= 4 is 17.8 Å². The van der Waals surface area contributed by atoms with Crippen molar-refractivity contribution < 1.29 is 62.9 Å². The lowest BCUT2D eigenvalue weighted by molar-refractivity contribution is -0.145. The molecule has 2 aliphatic rings. The van der Waals surface area contributed by atoms with Crippen LogP contribution in [0.1, 0.15) is 47.0 Å². The van der Waals surface area contributed by atoms with Gasteiger partial charge in [-0.1, -0.05) is 19.7 Å². The van der Waals surface area contributed by atoms with Gasteiger partial charge in [0.1, 0.15) is 18.3 Å². The zero-order valence-corrected chi connectivity index (χ0v) is 29.7. The smallest absolute Gasteiger partial charge is 0.327 e. The largest absolute Gasteiger partial charge is 0.478 e. The monoisotopic (exact) mass is 707 g/mol. The Morgan fingerprint density at radius 3 is 1.55 bits per heavy atom. The van der Waals surface area contributed by atoms with Crippen LogP contribution in [0.2, 0.25) is 0 Å².